The molecular formula is C19H19ClN4O2. The molecule has 6 nitrogen and oxygen atoms in total. The Morgan fingerprint density at radius 1 is 1.19 bits per heavy atom. The van der Waals surface area contributed by atoms with E-state index in [1.807, 2.05) is 18.2 Å². The maximum atomic E-state index is 12.3. The molecule has 26 heavy (non-hydrogen) atoms. The van der Waals surface area contributed by atoms with Crippen LogP contribution >= 0.6 is 11.6 Å². The lowest BCUT2D eigenvalue weighted by Crippen LogP contribution is -2.37. The maximum Gasteiger partial charge on any atom is 0.259 e. The minimum absolute atomic E-state index is 0.0548. The van der Waals surface area contributed by atoms with E-state index in [-0.39, 0.29) is 5.56 Å². The lowest BCUT2D eigenvalue weighted by Gasteiger charge is -2.32. The summed E-state index contributed by atoms with van der Waals surface area (Å²) < 4.78 is 7.32. The van der Waals surface area contributed by atoms with Gasteiger partial charge in [-0.05, 0) is 43.0 Å². The van der Waals surface area contributed by atoms with Gasteiger partial charge in [-0.3, -0.25) is 9.20 Å². The van der Waals surface area contributed by atoms with E-state index < -0.39 is 0 Å². The first kappa shape index (κ1) is 16.8. The van der Waals surface area contributed by atoms with Gasteiger partial charge in [0.2, 0.25) is 5.88 Å². The van der Waals surface area contributed by atoms with E-state index in [1.165, 1.54) is 0 Å². The lowest BCUT2D eigenvalue weighted by molar-refractivity contribution is 0.216. The maximum absolute atomic E-state index is 12.3. The predicted molar refractivity (Wildman–Crippen MR) is 101 cm³/mol. The first-order valence-corrected chi connectivity index (χ1v) is 9.05. The van der Waals surface area contributed by atoms with Gasteiger partial charge in [-0.2, -0.15) is 0 Å². The number of aromatic nitrogens is 3. The monoisotopic (exact) mass is 370 g/mol. The van der Waals surface area contributed by atoms with Gasteiger partial charge in [-0.15, -0.1) is 0 Å². The van der Waals surface area contributed by atoms with E-state index >= 15 is 0 Å². The van der Waals surface area contributed by atoms with Crippen molar-refractivity contribution in [3.05, 3.63) is 64.2 Å². The number of hydrogen-bond donors (Lipinski definition) is 0. The van der Waals surface area contributed by atoms with Crippen molar-refractivity contribution in [2.75, 3.05) is 24.6 Å². The molecule has 7 heteroatoms. The van der Waals surface area contributed by atoms with Crippen molar-refractivity contribution in [2.24, 2.45) is 5.92 Å². The summed E-state index contributed by atoms with van der Waals surface area (Å²) in [7, 11) is 0. The van der Waals surface area contributed by atoms with E-state index in [0.29, 0.717) is 29.1 Å². The molecule has 0 unspecified atom stereocenters. The Labute approximate surface area is 156 Å². The average molecular weight is 371 g/mol. The number of nitrogens with zero attached hydrogens (tertiary/aromatic N) is 4. The molecule has 4 heterocycles. The van der Waals surface area contributed by atoms with Gasteiger partial charge in [0, 0.05) is 31.5 Å². The van der Waals surface area contributed by atoms with E-state index in [0.717, 1.165) is 31.7 Å². The normalized spacial score (nSPS) is 15.3. The van der Waals surface area contributed by atoms with Crippen molar-refractivity contribution in [1.82, 2.24) is 14.4 Å². The third-order valence-corrected chi connectivity index (χ3v) is 4.96. The van der Waals surface area contributed by atoms with Gasteiger partial charge < -0.3 is 9.64 Å². The third-order valence-electron chi connectivity index (χ3n) is 4.68. The summed E-state index contributed by atoms with van der Waals surface area (Å²) in [6.07, 6.45) is 5.36. The van der Waals surface area contributed by atoms with Gasteiger partial charge in [0.15, 0.2) is 0 Å². The van der Waals surface area contributed by atoms with Gasteiger partial charge in [-0.1, -0.05) is 17.7 Å². The number of rotatable bonds is 4. The fourth-order valence-electron chi connectivity index (χ4n) is 3.21. The zero-order valence-corrected chi connectivity index (χ0v) is 15.0. The van der Waals surface area contributed by atoms with Crippen LogP contribution in [0.25, 0.3) is 5.65 Å². The molecule has 0 N–H and O–H groups in total. The quantitative estimate of drug-likeness (QED) is 0.706. The predicted octanol–water partition coefficient (Wildman–Crippen LogP) is 3.04. The molecule has 0 aliphatic carbocycles. The molecule has 3 aromatic heterocycles. The van der Waals surface area contributed by atoms with Crippen LogP contribution < -0.4 is 15.2 Å². The third kappa shape index (κ3) is 3.51. The van der Waals surface area contributed by atoms with Crippen LogP contribution in [0, 0.1) is 5.92 Å². The molecule has 0 amide bonds. The van der Waals surface area contributed by atoms with Gasteiger partial charge >= 0.3 is 0 Å². The molecule has 1 aliphatic rings. The first-order chi connectivity index (χ1) is 12.7. The largest absolute Gasteiger partial charge is 0.476 e. The van der Waals surface area contributed by atoms with Crippen molar-refractivity contribution in [1.29, 1.82) is 0 Å². The first-order valence-electron chi connectivity index (χ1n) is 8.67. The molecule has 0 bridgehead atoms. The average Bonchev–Trinajstić information content (AvgIpc) is 2.68. The van der Waals surface area contributed by atoms with Crippen LogP contribution in [0.15, 0.2) is 53.6 Å². The van der Waals surface area contributed by atoms with E-state index in [1.54, 1.807) is 35.0 Å². The molecule has 3 aromatic rings. The molecule has 1 aliphatic heterocycles. The number of anilines is 1. The van der Waals surface area contributed by atoms with E-state index in [4.69, 9.17) is 16.3 Å². The minimum Gasteiger partial charge on any atom is -0.476 e. The highest BCUT2D eigenvalue weighted by Crippen LogP contribution is 2.25. The van der Waals surface area contributed by atoms with Crippen LogP contribution in [-0.2, 0) is 0 Å². The van der Waals surface area contributed by atoms with Gasteiger partial charge in [0.05, 0.1) is 6.61 Å². The van der Waals surface area contributed by atoms with Crippen LogP contribution in [0.1, 0.15) is 12.8 Å². The number of pyridine rings is 2. The lowest BCUT2D eigenvalue weighted by atomic mass is 9.98. The van der Waals surface area contributed by atoms with Crippen molar-refractivity contribution >= 4 is 23.1 Å². The topological polar surface area (TPSA) is 59.7 Å². The fraction of sp³-hybridized carbons (Fsp3) is 0.316. The Kier molecular flexibility index (Phi) is 4.75. The summed E-state index contributed by atoms with van der Waals surface area (Å²) >= 11 is 6.07. The molecule has 0 radical (unpaired) electrons. The minimum atomic E-state index is -0.0548. The van der Waals surface area contributed by atoms with Crippen LogP contribution in [0.4, 0.5) is 5.82 Å². The van der Waals surface area contributed by atoms with Gasteiger partial charge in [0.25, 0.3) is 5.56 Å². The van der Waals surface area contributed by atoms with Gasteiger partial charge in [-0.25, -0.2) is 9.97 Å². The van der Waals surface area contributed by atoms with E-state index in [9.17, 15) is 4.79 Å². The molecule has 4 rings (SSSR count). The van der Waals surface area contributed by atoms with Crippen LogP contribution in [0.2, 0.25) is 5.02 Å². The summed E-state index contributed by atoms with van der Waals surface area (Å²) in [4.78, 5) is 23.2. The Morgan fingerprint density at radius 3 is 2.85 bits per heavy atom. The second-order valence-electron chi connectivity index (χ2n) is 6.41. The van der Waals surface area contributed by atoms with Crippen molar-refractivity contribution in [3.63, 3.8) is 0 Å². The molecular weight excluding hydrogens is 352 g/mol. The summed E-state index contributed by atoms with van der Waals surface area (Å²) in [6, 6.07) is 10.7. The Morgan fingerprint density at radius 2 is 2.04 bits per heavy atom. The highest BCUT2D eigenvalue weighted by molar-refractivity contribution is 6.31. The van der Waals surface area contributed by atoms with Crippen LogP contribution in [0.3, 0.4) is 0 Å². The molecule has 1 saturated heterocycles. The smallest absolute Gasteiger partial charge is 0.259 e. The molecule has 0 saturated carbocycles. The molecule has 134 valence electrons. The highest BCUT2D eigenvalue weighted by atomic mass is 35.5. The van der Waals surface area contributed by atoms with Crippen molar-refractivity contribution in [3.8, 4) is 5.88 Å². The number of halogens is 1. The van der Waals surface area contributed by atoms with Crippen molar-refractivity contribution < 1.29 is 4.74 Å². The molecule has 0 aromatic carbocycles. The van der Waals surface area contributed by atoms with E-state index in [2.05, 4.69) is 14.9 Å². The zero-order chi connectivity index (χ0) is 17.9. The molecule has 0 atom stereocenters. The SMILES string of the molecule is O=c1cc(N2CCC(COc3ncccc3Cl)CC2)nc2ccccn12. The summed E-state index contributed by atoms with van der Waals surface area (Å²) in [5.74, 6) is 1.67. The number of fused-ring (bicyclic) bond motifs is 1. The Balaban J connectivity index is 1.39. The number of ether oxygens (including phenoxy) is 1. The van der Waals surface area contributed by atoms with Crippen LogP contribution in [0.5, 0.6) is 5.88 Å². The number of hydrogen-bond acceptors (Lipinski definition) is 5. The fourth-order valence-corrected chi connectivity index (χ4v) is 3.38. The van der Waals surface area contributed by atoms with Crippen LogP contribution in [-0.4, -0.2) is 34.1 Å². The molecule has 1 fully saturated rings. The Bertz CT molecular complexity index is 967. The zero-order valence-electron chi connectivity index (χ0n) is 14.2. The van der Waals surface area contributed by atoms with Crippen molar-refractivity contribution in [2.45, 2.75) is 12.8 Å². The second kappa shape index (κ2) is 7.33. The summed E-state index contributed by atoms with van der Waals surface area (Å²) in [5.41, 5.74) is 0.617. The summed E-state index contributed by atoms with van der Waals surface area (Å²) in [5, 5.41) is 0.533. The Hall–Kier alpha value is -2.60. The highest BCUT2D eigenvalue weighted by Gasteiger charge is 2.22. The molecule has 0 spiro atoms. The standard InChI is InChI=1S/C19H19ClN4O2/c20-15-4-3-8-21-19(15)26-13-14-6-10-23(11-7-14)17-12-18(25)24-9-2-1-5-16(24)22-17/h1-5,8-9,12,14H,6-7,10-11,13H2. The number of piperidine rings is 1. The second-order valence-corrected chi connectivity index (χ2v) is 6.82. The van der Waals surface area contributed by atoms with Gasteiger partial charge in [0.1, 0.15) is 16.5 Å². The summed E-state index contributed by atoms with van der Waals surface area (Å²) in [6.45, 7) is 2.29.